The van der Waals surface area contributed by atoms with Crippen LogP contribution in [0.15, 0.2) is 85.8 Å². The second-order valence-electron chi connectivity index (χ2n) is 11.2. The Hall–Kier alpha value is -4.09. The number of piperazine rings is 1. The number of aromatic amines is 1. The van der Waals surface area contributed by atoms with Crippen molar-refractivity contribution in [2.75, 3.05) is 25.4 Å². The quantitative estimate of drug-likeness (QED) is 0.165. The molecule has 3 aromatic carbocycles. The van der Waals surface area contributed by atoms with Crippen molar-refractivity contribution < 1.29 is 13.2 Å². The Bertz CT molecular complexity index is 1960. The molecule has 0 bridgehead atoms. The number of nitrogens with one attached hydrogen (secondary N) is 1. The van der Waals surface area contributed by atoms with Crippen molar-refractivity contribution in [3.63, 3.8) is 0 Å². The van der Waals surface area contributed by atoms with E-state index in [4.69, 9.17) is 17.3 Å². The van der Waals surface area contributed by atoms with Crippen LogP contribution in [-0.4, -0.2) is 65.1 Å². The number of nitrogen functional groups attached to an aromatic ring is 1. The minimum absolute atomic E-state index is 0.234. The summed E-state index contributed by atoms with van der Waals surface area (Å²) in [6.07, 6.45) is 5.50. The normalized spacial score (nSPS) is 17.9. The van der Waals surface area contributed by atoms with Crippen LogP contribution in [0.4, 0.5) is 5.82 Å². The van der Waals surface area contributed by atoms with Crippen LogP contribution in [0.3, 0.4) is 0 Å². The first kappa shape index (κ1) is 30.0. The summed E-state index contributed by atoms with van der Waals surface area (Å²) in [5.41, 5.74) is 10.7. The zero-order chi connectivity index (χ0) is 31.0. The molecule has 6 rings (SSSR count). The summed E-state index contributed by atoms with van der Waals surface area (Å²) in [5.74, 6) is 0.413. The number of anilines is 1. The zero-order valence-electron chi connectivity index (χ0n) is 24.2. The fourth-order valence-corrected chi connectivity index (χ4v) is 8.52. The molecule has 0 saturated carbocycles. The molecular weight excluding hydrogens is 596 g/mol. The molecule has 3 unspecified atom stereocenters. The van der Waals surface area contributed by atoms with E-state index in [1.165, 1.54) is 12.4 Å². The largest absolute Gasteiger partial charge is 0.383 e. The Morgan fingerprint density at radius 1 is 1.07 bits per heavy atom. The summed E-state index contributed by atoms with van der Waals surface area (Å²) >= 11 is 6.34. The number of carbonyl (C=O) groups is 1. The second-order valence-corrected chi connectivity index (χ2v) is 13.8. The lowest BCUT2D eigenvalue weighted by Gasteiger charge is -2.43. The maximum atomic E-state index is 14.6. The number of nitrogens with zero attached hydrogens (tertiary/aromatic N) is 4. The fourth-order valence-electron chi connectivity index (χ4n) is 6.09. The van der Waals surface area contributed by atoms with E-state index in [9.17, 15) is 13.2 Å². The van der Waals surface area contributed by atoms with E-state index in [0.29, 0.717) is 41.6 Å². The van der Waals surface area contributed by atoms with Gasteiger partial charge in [-0.25, -0.2) is 18.4 Å². The van der Waals surface area contributed by atoms with Crippen LogP contribution in [-0.2, 0) is 21.2 Å². The van der Waals surface area contributed by atoms with E-state index in [-0.39, 0.29) is 6.54 Å². The van der Waals surface area contributed by atoms with Crippen LogP contribution in [0, 0.1) is 6.92 Å². The number of aryl methyl sites for hydroxylation is 1. The molecule has 1 aliphatic rings. The minimum atomic E-state index is -3.93. The zero-order valence-corrected chi connectivity index (χ0v) is 25.8. The smallest absolute Gasteiger partial charge is 0.181 e. The van der Waals surface area contributed by atoms with Gasteiger partial charge < -0.3 is 15.5 Å². The summed E-state index contributed by atoms with van der Waals surface area (Å²) in [6, 6.07) is 18.2. The van der Waals surface area contributed by atoms with Crippen molar-refractivity contribution >= 4 is 55.3 Å². The molecular formula is C33H33ClN6O3S. The molecule has 1 saturated heterocycles. The number of aromatic nitrogens is 3. The highest BCUT2D eigenvalue weighted by molar-refractivity contribution is 7.92. The molecule has 3 N–H and O–H groups in total. The third-order valence-electron chi connectivity index (χ3n) is 8.40. The Labute approximate surface area is 261 Å². The van der Waals surface area contributed by atoms with Gasteiger partial charge in [-0.3, -0.25) is 9.80 Å². The van der Waals surface area contributed by atoms with Gasteiger partial charge in [0.2, 0.25) is 0 Å². The van der Waals surface area contributed by atoms with Crippen molar-refractivity contribution in [3.8, 4) is 0 Å². The molecule has 0 aliphatic carbocycles. The summed E-state index contributed by atoms with van der Waals surface area (Å²) in [4.78, 5) is 28.0. The van der Waals surface area contributed by atoms with Crippen molar-refractivity contribution in [3.05, 3.63) is 113 Å². The highest BCUT2D eigenvalue weighted by atomic mass is 35.5. The topological polar surface area (TPSA) is 125 Å². The predicted molar refractivity (Wildman–Crippen MR) is 175 cm³/mol. The fraction of sp³-hybridized carbons (Fsp3) is 0.242. The molecule has 226 valence electrons. The van der Waals surface area contributed by atoms with E-state index in [2.05, 4.69) is 26.4 Å². The predicted octanol–water partition coefficient (Wildman–Crippen LogP) is 5.38. The van der Waals surface area contributed by atoms with Crippen molar-refractivity contribution in [2.45, 2.75) is 30.1 Å². The number of halogens is 1. The highest BCUT2D eigenvalue weighted by Crippen LogP contribution is 2.40. The van der Waals surface area contributed by atoms with Crippen LogP contribution in [0.1, 0.15) is 32.9 Å². The van der Waals surface area contributed by atoms with E-state index < -0.39 is 26.5 Å². The maximum absolute atomic E-state index is 14.6. The molecule has 0 amide bonds. The monoisotopic (exact) mass is 628 g/mol. The first-order valence-corrected chi connectivity index (χ1v) is 16.3. The van der Waals surface area contributed by atoms with Gasteiger partial charge in [0, 0.05) is 48.7 Å². The Morgan fingerprint density at radius 2 is 1.82 bits per heavy atom. The standard InChI is InChI=1S/C33H33ClN6O3S/c1-3-31(23-7-4-21(2)5-8-23)44(42,43)33(24-9-11-26-28(34)16-36-30(26)15-24)40-13-12-39(25(18-40)19-41)17-22-6-10-27-29(14-22)37-20-38-32(27)35/h3-11,14-16,19-20,25,31,33,36H,1,12-13,17-18H2,2H3,(H2,35,37,38). The Balaban J connectivity index is 1.34. The first-order valence-electron chi connectivity index (χ1n) is 14.3. The number of nitrogens with two attached hydrogens (primary N) is 1. The number of benzene rings is 3. The van der Waals surface area contributed by atoms with Gasteiger partial charge in [-0.15, -0.1) is 6.58 Å². The van der Waals surface area contributed by atoms with E-state index >= 15 is 0 Å². The number of fused-ring (bicyclic) bond motifs is 2. The van der Waals surface area contributed by atoms with Gasteiger partial charge in [-0.05, 0) is 41.8 Å². The average molecular weight is 629 g/mol. The summed E-state index contributed by atoms with van der Waals surface area (Å²) in [6.45, 7) is 7.52. The Morgan fingerprint density at radius 3 is 2.57 bits per heavy atom. The lowest BCUT2D eigenvalue weighted by Crippen LogP contribution is -2.55. The van der Waals surface area contributed by atoms with Crippen LogP contribution in [0.5, 0.6) is 0 Å². The molecule has 2 aromatic heterocycles. The number of carbonyl (C=O) groups excluding carboxylic acids is 1. The molecule has 11 heteroatoms. The lowest BCUT2D eigenvalue weighted by molar-refractivity contribution is -0.115. The molecule has 9 nitrogen and oxygen atoms in total. The van der Waals surface area contributed by atoms with Gasteiger partial charge in [-0.1, -0.05) is 65.7 Å². The summed E-state index contributed by atoms with van der Waals surface area (Å²) in [7, 11) is -3.93. The van der Waals surface area contributed by atoms with Gasteiger partial charge in [-0.2, -0.15) is 0 Å². The first-order chi connectivity index (χ1) is 21.2. The average Bonchev–Trinajstić information content (AvgIpc) is 3.38. The molecule has 0 spiro atoms. The lowest BCUT2D eigenvalue weighted by atomic mass is 10.1. The van der Waals surface area contributed by atoms with E-state index in [1.54, 1.807) is 6.20 Å². The number of rotatable bonds is 9. The molecule has 1 fully saturated rings. The third kappa shape index (κ3) is 5.61. The van der Waals surface area contributed by atoms with Crippen LogP contribution in [0.2, 0.25) is 5.02 Å². The molecule has 5 aromatic rings. The highest BCUT2D eigenvalue weighted by Gasteiger charge is 2.42. The molecule has 44 heavy (non-hydrogen) atoms. The number of aldehydes is 1. The van der Waals surface area contributed by atoms with Crippen molar-refractivity contribution in [1.29, 1.82) is 0 Å². The van der Waals surface area contributed by atoms with Crippen LogP contribution >= 0.6 is 11.6 Å². The molecule has 0 radical (unpaired) electrons. The summed E-state index contributed by atoms with van der Waals surface area (Å²) in [5, 5.41) is 0.168. The molecule has 1 aliphatic heterocycles. The second kappa shape index (κ2) is 12.1. The van der Waals surface area contributed by atoms with Gasteiger partial charge >= 0.3 is 0 Å². The van der Waals surface area contributed by atoms with Gasteiger partial charge in [0.1, 0.15) is 29.1 Å². The number of hydrogen-bond donors (Lipinski definition) is 2. The number of hydrogen-bond acceptors (Lipinski definition) is 8. The van der Waals surface area contributed by atoms with Crippen molar-refractivity contribution in [1.82, 2.24) is 24.8 Å². The van der Waals surface area contributed by atoms with Gasteiger partial charge in [0.05, 0.1) is 16.6 Å². The Kier molecular flexibility index (Phi) is 8.26. The van der Waals surface area contributed by atoms with Crippen molar-refractivity contribution in [2.24, 2.45) is 0 Å². The van der Waals surface area contributed by atoms with E-state index in [0.717, 1.165) is 39.2 Å². The SMILES string of the molecule is C=CC(c1ccc(C)cc1)S(=O)(=O)C(c1ccc2c(Cl)c[nH]c2c1)N1CCN(Cc2ccc3c(N)ncnc3c2)C(C=O)C1. The number of sulfone groups is 1. The maximum Gasteiger partial charge on any atom is 0.181 e. The molecule has 3 heterocycles. The third-order valence-corrected chi connectivity index (χ3v) is 11.1. The van der Waals surface area contributed by atoms with Crippen LogP contribution in [0.25, 0.3) is 21.8 Å². The minimum Gasteiger partial charge on any atom is -0.383 e. The number of H-pyrrole nitrogens is 1. The summed E-state index contributed by atoms with van der Waals surface area (Å²) < 4.78 is 29.3. The van der Waals surface area contributed by atoms with E-state index in [1.807, 2.05) is 72.5 Å². The van der Waals surface area contributed by atoms with Gasteiger partial charge in [0.15, 0.2) is 9.84 Å². The van der Waals surface area contributed by atoms with Gasteiger partial charge in [0.25, 0.3) is 0 Å². The van der Waals surface area contributed by atoms with Crippen LogP contribution < -0.4 is 5.73 Å². The molecule has 3 atom stereocenters.